The number of nitrogens with two attached hydrogens (primary N) is 1. The van der Waals surface area contributed by atoms with Crippen LogP contribution in [0.15, 0.2) is 22.7 Å². The molecule has 0 aliphatic carbocycles. The summed E-state index contributed by atoms with van der Waals surface area (Å²) in [6.45, 7) is 4.46. The molecule has 4 nitrogen and oxygen atoms in total. The van der Waals surface area contributed by atoms with Gasteiger partial charge in [0.25, 0.3) is 0 Å². The topological polar surface area (TPSA) is 61.5 Å². The third-order valence-electron chi connectivity index (χ3n) is 2.00. The molecule has 94 valence electrons. The molecule has 0 fully saturated rings. The zero-order valence-corrected chi connectivity index (χ0v) is 11.5. The van der Waals surface area contributed by atoms with E-state index in [0.29, 0.717) is 17.9 Å². The number of anilines is 1. The highest BCUT2D eigenvalue weighted by Gasteiger charge is 2.11. The first kappa shape index (κ1) is 14.0. The molecule has 0 aliphatic rings. The van der Waals surface area contributed by atoms with Crippen molar-refractivity contribution in [1.82, 2.24) is 0 Å². The van der Waals surface area contributed by atoms with E-state index in [2.05, 4.69) is 15.9 Å². The molecule has 1 aromatic carbocycles. The molecule has 2 N–H and O–H groups in total. The van der Waals surface area contributed by atoms with Crippen molar-refractivity contribution in [2.75, 3.05) is 18.9 Å². The molecule has 0 saturated carbocycles. The number of nitrogen functional groups attached to an aromatic ring is 1. The molecule has 0 aromatic heterocycles. The Hall–Kier alpha value is -1.07. The smallest absolute Gasteiger partial charge is 0.340 e. The summed E-state index contributed by atoms with van der Waals surface area (Å²) in [7, 11) is 0. The summed E-state index contributed by atoms with van der Waals surface area (Å²) in [5.41, 5.74) is 6.46. The average molecular weight is 302 g/mol. The lowest BCUT2D eigenvalue weighted by Crippen LogP contribution is -2.14. The van der Waals surface area contributed by atoms with Crippen LogP contribution in [0.1, 0.15) is 24.2 Å². The van der Waals surface area contributed by atoms with Crippen molar-refractivity contribution in [2.24, 2.45) is 0 Å². The lowest BCUT2D eigenvalue weighted by atomic mass is 10.2. The van der Waals surface area contributed by atoms with E-state index in [-0.39, 0.29) is 12.7 Å². The summed E-state index contributed by atoms with van der Waals surface area (Å²) >= 11 is 3.28. The van der Waals surface area contributed by atoms with Gasteiger partial charge in [-0.1, -0.05) is 15.9 Å². The number of hydrogen-bond donors (Lipinski definition) is 1. The van der Waals surface area contributed by atoms with Gasteiger partial charge in [-0.2, -0.15) is 0 Å². The van der Waals surface area contributed by atoms with Crippen LogP contribution in [0.5, 0.6) is 0 Å². The summed E-state index contributed by atoms with van der Waals surface area (Å²) in [5, 5.41) is 0. The van der Waals surface area contributed by atoms with E-state index in [1.165, 1.54) is 0 Å². The van der Waals surface area contributed by atoms with Crippen LogP contribution in [-0.2, 0) is 9.47 Å². The van der Waals surface area contributed by atoms with Crippen LogP contribution in [0.2, 0.25) is 0 Å². The van der Waals surface area contributed by atoms with Crippen molar-refractivity contribution in [3.05, 3.63) is 28.2 Å². The van der Waals surface area contributed by atoms with Gasteiger partial charge in [0.15, 0.2) is 0 Å². The second-order valence-corrected chi connectivity index (χ2v) is 4.70. The summed E-state index contributed by atoms with van der Waals surface area (Å²) in [6, 6.07) is 5.07. The van der Waals surface area contributed by atoms with Crippen molar-refractivity contribution >= 4 is 27.6 Å². The highest BCUT2D eigenvalue weighted by Crippen LogP contribution is 2.19. The van der Waals surface area contributed by atoms with Gasteiger partial charge >= 0.3 is 5.97 Å². The Kier molecular flexibility index (Phi) is 5.44. The average Bonchev–Trinajstić information content (AvgIpc) is 2.27. The van der Waals surface area contributed by atoms with Crippen LogP contribution < -0.4 is 5.73 Å². The van der Waals surface area contributed by atoms with Gasteiger partial charge in [0.1, 0.15) is 6.61 Å². The molecule has 0 atom stereocenters. The number of rotatable bonds is 5. The van der Waals surface area contributed by atoms with Gasteiger partial charge in [0, 0.05) is 10.2 Å². The molecule has 17 heavy (non-hydrogen) atoms. The second kappa shape index (κ2) is 6.61. The minimum Gasteiger partial charge on any atom is -0.460 e. The van der Waals surface area contributed by atoms with Crippen molar-refractivity contribution < 1.29 is 14.3 Å². The van der Waals surface area contributed by atoms with Gasteiger partial charge in [-0.15, -0.1) is 0 Å². The number of ether oxygens (including phenoxy) is 2. The molecule has 5 heteroatoms. The first-order chi connectivity index (χ1) is 8.00. The number of carbonyl (C=O) groups excluding carboxylic acids is 1. The highest BCUT2D eigenvalue weighted by atomic mass is 79.9. The SMILES string of the molecule is CC(C)OCCOC(=O)c1cc(Br)ccc1N. The van der Waals surface area contributed by atoms with E-state index in [0.717, 1.165) is 4.47 Å². The van der Waals surface area contributed by atoms with Crippen LogP contribution >= 0.6 is 15.9 Å². The van der Waals surface area contributed by atoms with Gasteiger partial charge in [0.2, 0.25) is 0 Å². The first-order valence-corrected chi connectivity index (χ1v) is 6.13. The van der Waals surface area contributed by atoms with Crippen LogP contribution in [-0.4, -0.2) is 25.3 Å². The van der Waals surface area contributed by atoms with E-state index >= 15 is 0 Å². The molecular formula is C12H16BrNO3. The highest BCUT2D eigenvalue weighted by molar-refractivity contribution is 9.10. The molecule has 1 rings (SSSR count). The third kappa shape index (κ3) is 4.75. The van der Waals surface area contributed by atoms with E-state index in [1.807, 2.05) is 13.8 Å². The van der Waals surface area contributed by atoms with Crippen LogP contribution in [0, 0.1) is 0 Å². The van der Waals surface area contributed by atoms with Crippen molar-refractivity contribution in [3.8, 4) is 0 Å². The maximum atomic E-state index is 11.7. The molecule has 0 saturated heterocycles. The Labute approximate surface area is 109 Å². The monoisotopic (exact) mass is 301 g/mol. The molecule has 0 amide bonds. The van der Waals surface area contributed by atoms with Crippen molar-refractivity contribution in [2.45, 2.75) is 20.0 Å². The number of benzene rings is 1. The Morgan fingerprint density at radius 2 is 2.12 bits per heavy atom. The lowest BCUT2D eigenvalue weighted by Gasteiger charge is -2.09. The van der Waals surface area contributed by atoms with Gasteiger partial charge in [-0.3, -0.25) is 0 Å². The molecule has 0 spiro atoms. The standard InChI is InChI=1S/C12H16BrNO3/c1-8(2)16-5-6-17-12(15)10-7-9(13)3-4-11(10)14/h3-4,7-8H,5-6,14H2,1-2H3. The fourth-order valence-corrected chi connectivity index (χ4v) is 1.56. The zero-order chi connectivity index (χ0) is 12.8. The summed E-state index contributed by atoms with van der Waals surface area (Å²) in [4.78, 5) is 11.7. The number of halogens is 1. The first-order valence-electron chi connectivity index (χ1n) is 5.34. The third-order valence-corrected chi connectivity index (χ3v) is 2.50. The normalized spacial score (nSPS) is 10.6. The lowest BCUT2D eigenvalue weighted by molar-refractivity contribution is 0.0177. The molecule has 0 heterocycles. The number of carbonyl (C=O) groups is 1. The predicted octanol–water partition coefficient (Wildman–Crippen LogP) is 2.61. The fourth-order valence-electron chi connectivity index (χ4n) is 1.20. The quantitative estimate of drug-likeness (QED) is 0.516. The van der Waals surface area contributed by atoms with E-state index in [4.69, 9.17) is 15.2 Å². The fraction of sp³-hybridized carbons (Fsp3) is 0.417. The maximum absolute atomic E-state index is 11.7. The number of hydrogen-bond acceptors (Lipinski definition) is 4. The number of esters is 1. The van der Waals surface area contributed by atoms with E-state index in [1.54, 1.807) is 18.2 Å². The molecule has 0 bridgehead atoms. The molecular weight excluding hydrogens is 286 g/mol. The maximum Gasteiger partial charge on any atom is 0.340 e. The molecule has 0 radical (unpaired) electrons. The summed E-state index contributed by atoms with van der Waals surface area (Å²) < 4.78 is 11.1. The minimum atomic E-state index is -0.434. The van der Waals surface area contributed by atoms with Crippen molar-refractivity contribution in [1.29, 1.82) is 0 Å². The second-order valence-electron chi connectivity index (χ2n) is 3.79. The molecule has 1 aromatic rings. The van der Waals surface area contributed by atoms with Gasteiger partial charge in [0.05, 0.1) is 18.3 Å². The predicted molar refractivity (Wildman–Crippen MR) is 69.9 cm³/mol. The van der Waals surface area contributed by atoms with Crippen LogP contribution in [0.3, 0.4) is 0 Å². The van der Waals surface area contributed by atoms with Crippen LogP contribution in [0.25, 0.3) is 0 Å². The molecule has 0 unspecified atom stereocenters. The Balaban J connectivity index is 2.49. The Morgan fingerprint density at radius 1 is 1.41 bits per heavy atom. The van der Waals surface area contributed by atoms with Gasteiger partial charge in [-0.05, 0) is 32.0 Å². The summed E-state index contributed by atoms with van der Waals surface area (Å²) in [5.74, 6) is -0.434. The Morgan fingerprint density at radius 3 is 2.76 bits per heavy atom. The van der Waals surface area contributed by atoms with E-state index < -0.39 is 5.97 Å². The summed E-state index contributed by atoms with van der Waals surface area (Å²) in [6.07, 6.45) is 0.129. The van der Waals surface area contributed by atoms with Crippen molar-refractivity contribution in [3.63, 3.8) is 0 Å². The minimum absolute atomic E-state index is 0.129. The van der Waals surface area contributed by atoms with Gasteiger partial charge in [-0.25, -0.2) is 4.79 Å². The van der Waals surface area contributed by atoms with Crippen LogP contribution in [0.4, 0.5) is 5.69 Å². The largest absolute Gasteiger partial charge is 0.460 e. The van der Waals surface area contributed by atoms with E-state index in [9.17, 15) is 4.79 Å². The van der Waals surface area contributed by atoms with Gasteiger partial charge < -0.3 is 15.2 Å². The zero-order valence-electron chi connectivity index (χ0n) is 9.90. The Bertz CT molecular complexity index is 393. The molecule has 0 aliphatic heterocycles.